The Kier molecular flexibility index (Phi) is 2.91. The van der Waals surface area contributed by atoms with Crippen molar-refractivity contribution in [1.82, 2.24) is 5.32 Å². The lowest BCUT2D eigenvalue weighted by molar-refractivity contribution is -0.535. The van der Waals surface area contributed by atoms with Crippen molar-refractivity contribution in [3.8, 4) is 0 Å². The highest BCUT2D eigenvalue weighted by molar-refractivity contribution is 6.25. The van der Waals surface area contributed by atoms with Gasteiger partial charge in [-0.2, -0.15) is 0 Å². The summed E-state index contributed by atoms with van der Waals surface area (Å²) in [6.07, 6.45) is 3.51. The minimum Gasteiger partial charge on any atom is -0.327 e. The van der Waals surface area contributed by atoms with Gasteiger partial charge >= 0.3 is 5.00 Å². The minimum absolute atomic E-state index is 0.0379. The average Bonchev–Trinajstić information content (AvgIpc) is 3.08. The molecule has 0 radical (unpaired) electrons. The number of nitrogens with zero attached hydrogens (tertiary/aromatic N) is 2. The van der Waals surface area contributed by atoms with Crippen LogP contribution in [0.4, 0.5) is 0 Å². The first-order valence-electron chi connectivity index (χ1n) is 5.30. The number of allylic oxidation sites excluding steroid dienone is 1. The van der Waals surface area contributed by atoms with Gasteiger partial charge in [0.1, 0.15) is 0 Å². The summed E-state index contributed by atoms with van der Waals surface area (Å²) in [5.74, 6) is -0.252. The Bertz CT molecular complexity index is 431. The topological polar surface area (TPSA) is 84.6 Å². The van der Waals surface area contributed by atoms with Crippen molar-refractivity contribution in [1.29, 1.82) is 0 Å². The summed E-state index contributed by atoms with van der Waals surface area (Å²) in [5, 5.41) is 13.6. The number of carbonyl (C=O) groups is 1. The maximum absolute atomic E-state index is 11.6. The van der Waals surface area contributed by atoms with Gasteiger partial charge < -0.3 is 5.32 Å². The normalized spacial score (nSPS) is 31.9. The quantitative estimate of drug-likeness (QED) is 0.355. The van der Waals surface area contributed by atoms with Crippen molar-refractivity contribution >= 4 is 23.7 Å². The third kappa shape index (κ3) is 2.04. The van der Waals surface area contributed by atoms with Gasteiger partial charge in [-0.15, -0.1) is 0 Å². The van der Waals surface area contributed by atoms with Gasteiger partial charge in [0.15, 0.2) is 0 Å². The molecule has 2 rings (SSSR count). The van der Waals surface area contributed by atoms with E-state index in [2.05, 4.69) is 10.3 Å². The molecule has 1 aliphatic carbocycles. The van der Waals surface area contributed by atoms with Crippen LogP contribution in [0.3, 0.4) is 0 Å². The summed E-state index contributed by atoms with van der Waals surface area (Å²) in [6.45, 7) is 1.55. The van der Waals surface area contributed by atoms with E-state index in [1.165, 1.54) is 12.3 Å². The van der Waals surface area contributed by atoms with E-state index in [1.807, 2.05) is 0 Å². The lowest BCUT2D eigenvalue weighted by atomic mass is 10.0. The fourth-order valence-corrected chi connectivity index (χ4v) is 1.82. The van der Waals surface area contributed by atoms with Crippen LogP contribution in [0.2, 0.25) is 0 Å². The van der Waals surface area contributed by atoms with Gasteiger partial charge in [-0.05, 0) is 37.4 Å². The molecular formula is C10H12ClN3O3. The molecule has 0 aromatic carbocycles. The lowest BCUT2D eigenvalue weighted by Crippen LogP contribution is -2.55. The van der Waals surface area contributed by atoms with Crippen LogP contribution >= 0.6 is 11.6 Å². The Balaban J connectivity index is 2.19. The first-order chi connectivity index (χ1) is 7.96. The largest absolute Gasteiger partial charge is 0.356 e. The van der Waals surface area contributed by atoms with E-state index in [4.69, 9.17) is 11.6 Å². The molecule has 2 unspecified atom stereocenters. The number of carbonyl (C=O) groups excluding carboxylic acids is 1. The summed E-state index contributed by atoms with van der Waals surface area (Å²) in [4.78, 5) is 24.1. The lowest BCUT2D eigenvalue weighted by Gasteiger charge is -2.28. The molecule has 1 aliphatic heterocycles. The molecule has 7 heteroatoms. The van der Waals surface area contributed by atoms with Crippen molar-refractivity contribution in [3.05, 3.63) is 21.8 Å². The second kappa shape index (κ2) is 4.10. The first kappa shape index (κ1) is 12.0. The van der Waals surface area contributed by atoms with Gasteiger partial charge in [-0.1, -0.05) is 0 Å². The molecule has 17 heavy (non-hydrogen) atoms. The highest BCUT2D eigenvalue weighted by atomic mass is 35.5. The van der Waals surface area contributed by atoms with Crippen LogP contribution in [0.15, 0.2) is 16.6 Å². The van der Waals surface area contributed by atoms with Crippen LogP contribution in [0.1, 0.15) is 19.8 Å². The summed E-state index contributed by atoms with van der Waals surface area (Å²) >= 11 is 6.00. The molecule has 1 heterocycles. The zero-order valence-electron chi connectivity index (χ0n) is 9.22. The molecule has 1 fully saturated rings. The maximum atomic E-state index is 11.6. The second-order valence-corrected chi connectivity index (χ2v) is 4.84. The van der Waals surface area contributed by atoms with E-state index in [-0.39, 0.29) is 11.8 Å². The van der Waals surface area contributed by atoms with Crippen LogP contribution in [-0.2, 0) is 4.79 Å². The number of nitrogens with one attached hydrogen (secondary N) is 1. The molecule has 0 aromatic rings. The monoisotopic (exact) mass is 257 g/mol. The molecule has 92 valence electrons. The van der Waals surface area contributed by atoms with Gasteiger partial charge in [0.25, 0.3) is 0 Å². The summed E-state index contributed by atoms with van der Waals surface area (Å²) < 4.78 is 0. The van der Waals surface area contributed by atoms with E-state index in [0.29, 0.717) is 5.57 Å². The summed E-state index contributed by atoms with van der Waals surface area (Å²) in [5.41, 5.74) is 0.361. The van der Waals surface area contributed by atoms with E-state index in [9.17, 15) is 14.9 Å². The standard InChI is InChI=1S/C10H12ClN3O3/c1-6-4-5-12-9(10(6,11)14(16)17)13-8(15)7-2-3-7/h4-5,7,9H,2-3H2,1H3,(H,13,15). The predicted octanol–water partition coefficient (Wildman–Crippen LogP) is 1.08. The Morgan fingerprint density at radius 1 is 1.71 bits per heavy atom. The summed E-state index contributed by atoms with van der Waals surface area (Å²) in [6, 6.07) is 0. The number of halogens is 1. The zero-order valence-corrected chi connectivity index (χ0v) is 9.98. The zero-order chi connectivity index (χ0) is 12.6. The molecule has 0 bridgehead atoms. The van der Waals surface area contributed by atoms with Crippen molar-refractivity contribution in [3.63, 3.8) is 0 Å². The third-order valence-corrected chi connectivity index (χ3v) is 3.61. The summed E-state index contributed by atoms with van der Waals surface area (Å²) in [7, 11) is 0. The van der Waals surface area contributed by atoms with Gasteiger partial charge in [0.2, 0.25) is 12.1 Å². The minimum atomic E-state index is -1.88. The highest BCUT2D eigenvalue weighted by Crippen LogP contribution is 2.34. The van der Waals surface area contributed by atoms with Gasteiger partial charge in [-0.25, -0.2) is 0 Å². The molecule has 6 nitrogen and oxygen atoms in total. The SMILES string of the molecule is CC1=CC=NC(NC(=O)C2CC2)C1(Cl)[N+](=O)[O-]. The second-order valence-electron chi connectivity index (χ2n) is 4.26. The average molecular weight is 258 g/mol. The molecule has 2 atom stereocenters. The number of nitro groups is 1. The molecule has 0 aromatic heterocycles. The van der Waals surface area contributed by atoms with Crippen LogP contribution in [0.5, 0.6) is 0 Å². The van der Waals surface area contributed by atoms with Crippen LogP contribution < -0.4 is 5.32 Å². The highest BCUT2D eigenvalue weighted by Gasteiger charge is 2.53. The molecule has 0 saturated heterocycles. The van der Waals surface area contributed by atoms with Crippen molar-refractivity contribution in [2.45, 2.75) is 30.9 Å². The number of hydrogen-bond donors (Lipinski definition) is 1. The van der Waals surface area contributed by atoms with Crippen LogP contribution in [0.25, 0.3) is 0 Å². The molecule has 1 N–H and O–H groups in total. The predicted molar refractivity (Wildman–Crippen MR) is 62.5 cm³/mol. The maximum Gasteiger partial charge on any atom is 0.356 e. The first-order valence-corrected chi connectivity index (χ1v) is 5.68. The van der Waals surface area contributed by atoms with Gasteiger partial charge in [0, 0.05) is 17.7 Å². The number of aliphatic imine (C=N–C) groups is 1. The molecule has 1 saturated carbocycles. The Morgan fingerprint density at radius 3 is 2.88 bits per heavy atom. The number of hydrogen-bond acceptors (Lipinski definition) is 4. The van der Waals surface area contributed by atoms with Gasteiger partial charge in [-0.3, -0.25) is 19.9 Å². The van der Waals surface area contributed by atoms with Crippen molar-refractivity contribution in [2.24, 2.45) is 10.9 Å². The van der Waals surface area contributed by atoms with E-state index < -0.39 is 16.1 Å². The van der Waals surface area contributed by atoms with Crippen molar-refractivity contribution < 1.29 is 9.72 Å². The number of rotatable bonds is 3. The van der Waals surface area contributed by atoms with Gasteiger partial charge in [0.05, 0.1) is 4.92 Å². The van der Waals surface area contributed by atoms with Crippen LogP contribution in [-0.4, -0.2) is 28.2 Å². The smallest absolute Gasteiger partial charge is 0.327 e. The Morgan fingerprint density at radius 2 is 2.35 bits per heavy atom. The van der Waals surface area contributed by atoms with E-state index in [1.54, 1.807) is 6.92 Å². The number of dihydropyridines is 1. The number of alkyl halides is 1. The third-order valence-electron chi connectivity index (χ3n) is 2.97. The molecule has 2 aliphatic rings. The number of amides is 1. The van der Waals surface area contributed by atoms with Crippen LogP contribution in [0, 0.1) is 16.0 Å². The molecular weight excluding hydrogens is 246 g/mol. The molecule has 1 amide bonds. The van der Waals surface area contributed by atoms with E-state index in [0.717, 1.165) is 12.8 Å². The fourth-order valence-electron chi connectivity index (χ4n) is 1.65. The Hall–Kier alpha value is -1.43. The molecule has 0 spiro atoms. The fraction of sp³-hybridized carbons (Fsp3) is 0.600. The van der Waals surface area contributed by atoms with Crippen molar-refractivity contribution in [2.75, 3.05) is 0 Å². The Labute approximate surface area is 103 Å². The van der Waals surface area contributed by atoms with E-state index >= 15 is 0 Å².